The summed E-state index contributed by atoms with van der Waals surface area (Å²) in [6, 6.07) is -0.876. The molecule has 1 aromatic heterocycles. The van der Waals surface area contributed by atoms with Crippen LogP contribution in [0.25, 0.3) is 0 Å². The first-order chi connectivity index (χ1) is 9.13. The quantitative estimate of drug-likeness (QED) is 0.849. The Morgan fingerprint density at radius 3 is 2.79 bits per heavy atom. The van der Waals surface area contributed by atoms with Crippen LogP contribution in [0.2, 0.25) is 0 Å². The number of carbonyl (C=O) groups is 2. The van der Waals surface area contributed by atoms with E-state index in [-0.39, 0.29) is 5.92 Å². The fraction of sp³-hybridized carbons (Fsp3) is 0.615. The molecule has 104 valence electrons. The van der Waals surface area contributed by atoms with Crippen LogP contribution < -0.4 is 5.32 Å². The van der Waals surface area contributed by atoms with Crippen molar-refractivity contribution in [3.63, 3.8) is 0 Å². The second-order valence-corrected chi connectivity index (χ2v) is 4.87. The van der Waals surface area contributed by atoms with Gasteiger partial charge in [0.25, 0.3) is 5.91 Å². The number of nitrogens with zero attached hydrogens (tertiary/aromatic N) is 1. The first-order valence-corrected chi connectivity index (χ1v) is 6.61. The van der Waals surface area contributed by atoms with Crippen LogP contribution in [0.5, 0.6) is 0 Å². The Hall–Kier alpha value is -1.85. The van der Waals surface area contributed by atoms with Crippen molar-refractivity contribution in [3.8, 4) is 0 Å². The molecule has 1 heterocycles. The van der Waals surface area contributed by atoms with Crippen LogP contribution in [0.15, 0.2) is 10.8 Å². The number of hydrogen-bond donors (Lipinski definition) is 2. The lowest BCUT2D eigenvalue weighted by Gasteiger charge is -2.12. The van der Waals surface area contributed by atoms with Gasteiger partial charge in [-0.05, 0) is 19.3 Å². The maximum Gasteiger partial charge on any atom is 0.326 e. The van der Waals surface area contributed by atoms with E-state index in [2.05, 4.69) is 10.5 Å². The predicted molar refractivity (Wildman–Crippen MR) is 66.9 cm³/mol. The zero-order valence-corrected chi connectivity index (χ0v) is 10.9. The van der Waals surface area contributed by atoms with Crippen LogP contribution in [-0.2, 0) is 4.79 Å². The smallest absolute Gasteiger partial charge is 0.326 e. The molecule has 1 amide bonds. The van der Waals surface area contributed by atoms with E-state index in [9.17, 15) is 9.59 Å². The van der Waals surface area contributed by atoms with Crippen molar-refractivity contribution < 1.29 is 19.2 Å². The molecule has 2 rings (SSSR count). The van der Waals surface area contributed by atoms with E-state index in [4.69, 9.17) is 9.63 Å². The molecule has 2 N–H and O–H groups in total. The molecule has 0 spiro atoms. The van der Waals surface area contributed by atoms with E-state index >= 15 is 0 Å². The van der Waals surface area contributed by atoms with Gasteiger partial charge in [0, 0.05) is 5.92 Å². The lowest BCUT2D eigenvalue weighted by Crippen LogP contribution is -2.40. The normalized spacial score (nSPS) is 17.3. The molecule has 0 aromatic carbocycles. The van der Waals surface area contributed by atoms with Crippen LogP contribution in [0, 0.1) is 0 Å². The number of amides is 1. The Bertz CT molecular complexity index is 463. The Labute approximate surface area is 111 Å². The summed E-state index contributed by atoms with van der Waals surface area (Å²) < 4.78 is 4.90. The average Bonchev–Trinajstić information content (AvgIpc) is 3.03. The van der Waals surface area contributed by atoms with Gasteiger partial charge in [-0.2, -0.15) is 0 Å². The maximum absolute atomic E-state index is 12.1. The van der Waals surface area contributed by atoms with Crippen molar-refractivity contribution in [3.05, 3.63) is 17.5 Å². The van der Waals surface area contributed by atoms with Crippen LogP contribution in [0.4, 0.5) is 0 Å². The van der Waals surface area contributed by atoms with Crippen LogP contribution in [0.1, 0.15) is 61.0 Å². The summed E-state index contributed by atoms with van der Waals surface area (Å²) in [5, 5.41) is 15.4. The molecule has 6 heteroatoms. The molecule has 0 aliphatic heterocycles. The average molecular weight is 266 g/mol. The number of hydrogen-bond acceptors (Lipinski definition) is 4. The highest BCUT2D eigenvalue weighted by molar-refractivity contribution is 5.97. The Kier molecular flexibility index (Phi) is 4.19. The molecule has 0 saturated heterocycles. The van der Waals surface area contributed by atoms with Crippen molar-refractivity contribution in [2.75, 3.05) is 0 Å². The SMILES string of the molecule is CC[C@@H](NC(=O)c1conc1C1CCCC1)C(=O)O. The van der Waals surface area contributed by atoms with Gasteiger partial charge in [0.15, 0.2) is 0 Å². The number of aliphatic carboxylic acids is 1. The Balaban J connectivity index is 2.11. The first-order valence-electron chi connectivity index (χ1n) is 6.61. The van der Waals surface area contributed by atoms with E-state index in [1.807, 2.05) is 0 Å². The van der Waals surface area contributed by atoms with Crippen LogP contribution >= 0.6 is 0 Å². The van der Waals surface area contributed by atoms with E-state index in [1.165, 1.54) is 6.26 Å². The standard InChI is InChI=1S/C13H18N2O4/c1-2-10(13(17)18)14-12(16)9-7-19-15-11(9)8-5-3-4-6-8/h7-8,10H,2-6H2,1H3,(H,14,16)(H,17,18)/t10-/m1/s1. The van der Waals surface area contributed by atoms with Crippen molar-refractivity contribution in [2.45, 2.75) is 51.0 Å². The summed E-state index contributed by atoms with van der Waals surface area (Å²) in [4.78, 5) is 23.0. The molecule has 0 unspecified atom stereocenters. The van der Waals surface area contributed by atoms with Gasteiger partial charge in [-0.1, -0.05) is 24.9 Å². The van der Waals surface area contributed by atoms with Gasteiger partial charge in [0.1, 0.15) is 17.9 Å². The molecule has 1 atom stereocenters. The lowest BCUT2D eigenvalue weighted by molar-refractivity contribution is -0.139. The number of carbonyl (C=O) groups excluding carboxylic acids is 1. The van der Waals surface area contributed by atoms with Gasteiger partial charge in [-0.3, -0.25) is 4.79 Å². The zero-order chi connectivity index (χ0) is 13.8. The molecule has 1 saturated carbocycles. The number of carboxylic acid groups (broad SMARTS) is 1. The second kappa shape index (κ2) is 5.86. The van der Waals surface area contributed by atoms with E-state index < -0.39 is 17.9 Å². The number of rotatable bonds is 5. The molecule has 1 fully saturated rings. The first kappa shape index (κ1) is 13.6. The van der Waals surface area contributed by atoms with E-state index in [0.29, 0.717) is 17.7 Å². The molecule has 1 aliphatic rings. The largest absolute Gasteiger partial charge is 0.480 e. The third-order valence-electron chi connectivity index (χ3n) is 3.60. The highest BCUT2D eigenvalue weighted by Crippen LogP contribution is 2.34. The van der Waals surface area contributed by atoms with Gasteiger partial charge in [0.2, 0.25) is 0 Å². The molecule has 6 nitrogen and oxygen atoms in total. The minimum Gasteiger partial charge on any atom is -0.480 e. The molecule has 1 aliphatic carbocycles. The second-order valence-electron chi connectivity index (χ2n) is 4.87. The van der Waals surface area contributed by atoms with Crippen molar-refractivity contribution in [1.29, 1.82) is 0 Å². The maximum atomic E-state index is 12.1. The number of aromatic nitrogens is 1. The van der Waals surface area contributed by atoms with Crippen LogP contribution in [0.3, 0.4) is 0 Å². The summed E-state index contributed by atoms with van der Waals surface area (Å²) >= 11 is 0. The minimum atomic E-state index is -1.03. The van der Waals surface area contributed by atoms with Gasteiger partial charge in [-0.25, -0.2) is 4.79 Å². The molecule has 1 aromatic rings. The van der Waals surface area contributed by atoms with Gasteiger partial charge in [-0.15, -0.1) is 0 Å². The van der Waals surface area contributed by atoms with Gasteiger partial charge >= 0.3 is 5.97 Å². The third kappa shape index (κ3) is 2.94. The summed E-state index contributed by atoms with van der Waals surface area (Å²) in [7, 11) is 0. The third-order valence-corrected chi connectivity index (χ3v) is 3.60. The Morgan fingerprint density at radius 2 is 2.21 bits per heavy atom. The van der Waals surface area contributed by atoms with Crippen molar-refractivity contribution in [1.82, 2.24) is 10.5 Å². The van der Waals surface area contributed by atoms with Gasteiger partial charge < -0.3 is 14.9 Å². The molecule has 19 heavy (non-hydrogen) atoms. The van der Waals surface area contributed by atoms with E-state index in [1.54, 1.807) is 6.92 Å². The van der Waals surface area contributed by atoms with Crippen molar-refractivity contribution in [2.24, 2.45) is 0 Å². The highest BCUT2D eigenvalue weighted by Gasteiger charge is 2.28. The molecular weight excluding hydrogens is 248 g/mol. The topological polar surface area (TPSA) is 92.4 Å². The predicted octanol–water partition coefficient (Wildman–Crippen LogP) is 1.93. The number of nitrogens with one attached hydrogen (secondary N) is 1. The van der Waals surface area contributed by atoms with E-state index in [0.717, 1.165) is 25.7 Å². The summed E-state index contributed by atoms with van der Waals surface area (Å²) in [6.07, 6.45) is 5.91. The fourth-order valence-corrected chi connectivity index (χ4v) is 2.48. The molecule has 0 radical (unpaired) electrons. The minimum absolute atomic E-state index is 0.254. The zero-order valence-electron chi connectivity index (χ0n) is 10.9. The van der Waals surface area contributed by atoms with Gasteiger partial charge in [0.05, 0.1) is 5.69 Å². The monoisotopic (exact) mass is 266 g/mol. The van der Waals surface area contributed by atoms with Crippen LogP contribution in [-0.4, -0.2) is 28.2 Å². The number of carboxylic acids is 1. The Morgan fingerprint density at radius 1 is 1.53 bits per heavy atom. The molecular formula is C13H18N2O4. The molecule has 0 bridgehead atoms. The fourth-order valence-electron chi connectivity index (χ4n) is 2.48. The summed E-state index contributed by atoms with van der Waals surface area (Å²) in [5.41, 5.74) is 1.03. The summed E-state index contributed by atoms with van der Waals surface area (Å²) in [6.45, 7) is 1.71. The lowest BCUT2D eigenvalue weighted by atomic mass is 10.00. The highest BCUT2D eigenvalue weighted by atomic mass is 16.5. The summed E-state index contributed by atoms with van der Waals surface area (Å²) in [5.74, 6) is -1.20. The van der Waals surface area contributed by atoms with Crippen molar-refractivity contribution >= 4 is 11.9 Å².